The quantitative estimate of drug-likeness (QED) is 0.529. The normalized spacial score (nSPS) is 16.1. The summed E-state index contributed by atoms with van der Waals surface area (Å²) in [6, 6.07) is 15.7. The van der Waals surface area contributed by atoms with E-state index in [2.05, 4.69) is 15.1 Å². The zero-order valence-corrected chi connectivity index (χ0v) is 19.6. The Labute approximate surface area is 194 Å². The molecular weight excluding hydrogens is 440 g/mol. The first-order chi connectivity index (χ1) is 15.8. The third kappa shape index (κ3) is 5.32. The van der Waals surface area contributed by atoms with Crippen LogP contribution in [0.4, 0.5) is 0 Å². The van der Waals surface area contributed by atoms with Crippen LogP contribution in [0.3, 0.4) is 0 Å². The minimum absolute atomic E-state index is 0.0806. The lowest BCUT2D eigenvalue weighted by atomic mass is 10.1. The van der Waals surface area contributed by atoms with E-state index in [1.54, 1.807) is 0 Å². The fourth-order valence-corrected chi connectivity index (χ4v) is 4.97. The third-order valence-electron chi connectivity index (χ3n) is 5.82. The number of hydrogen-bond acceptors (Lipinski definition) is 5. The van der Waals surface area contributed by atoms with Gasteiger partial charge in [0.1, 0.15) is 0 Å². The van der Waals surface area contributed by atoms with E-state index >= 15 is 0 Å². The second-order valence-corrected chi connectivity index (χ2v) is 9.86. The lowest BCUT2D eigenvalue weighted by Gasteiger charge is -2.12. The highest BCUT2D eigenvalue weighted by Gasteiger charge is 2.21. The molecule has 1 aliphatic heterocycles. The lowest BCUT2D eigenvalue weighted by molar-refractivity contribution is 0.0950. The van der Waals surface area contributed by atoms with E-state index in [0.717, 1.165) is 35.5 Å². The molecule has 0 radical (unpaired) electrons. The van der Waals surface area contributed by atoms with Crippen LogP contribution < -0.4 is 10.0 Å². The number of hydrogen-bond donors (Lipinski definition) is 2. The maximum atomic E-state index is 12.7. The minimum Gasteiger partial charge on any atom is -0.377 e. The molecule has 33 heavy (non-hydrogen) atoms. The molecule has 0 saturated carbocycles. The van der Waals surface area contributed by atoms with Gasteiger partial charge in [0.2, 0.25) is 10.0 Å². The van der Waals surface area contributed by atoms with Crippen LogP contribution in [0.1, 0.15) is 40.2 Å². The van der Waals surface area contributed by atoms with Crippen LogP contribution in [0.15, 0.2) is 59.5 Å². The molecule has 4 rings (SSSR count). The molecule has 8 nitrogen and oxygen atoms in total. The fourth-order valence-electron chi connectivity index (χ4n) is 3.90. The standard InChI is InChI=1S/C24H28N4O4S/c1-17-23(18(2)28(27-17)20-7-4-3-5-8-20)16-25-24(29)19-10-12-22(13-11-19)33(30,31)26-15-21-9-6-14-32-21/h3-5,7-8,10-13,21,26H,6,9,14-16H2,1-2H3,(H,25,29)/t21-/m0/s1. The molecule has 2 aromatic carbocycles. The number of benzene rings is 2. The number of nitrogens with one attached hydrogen (secondary N) is 2. The highest BCUT2D eigenvalue weighted by Crippen LogP contribution is 2.18. The SMILES string of the molecule is Cc1nn(-c2ccccc2)c(C)c1CNC(=O)c1ccc(S(=O)(=O)NC[C@@H]2CCCO2)cc1. The highest BCUT2D eigenvalue weighted by molar-refractivity contribution is 7.89. The summed E-state index contributed by atoms with van der Waals surface area (Å²) in [6.45, 7) is 5.13. The van der Waals surface area contributed by atoms with Gasteiger partial charge in [-0.15, -0.1) is 0 Å². The molecule has 1 aromatic heterocycles. The smallest absolute Gasteiger partial charge is 0.251 e. The van der Waals surface area contributed by atoms with Crippen molar-refractivity contribution in [1.29, 1.82) is 0 Å². The summed E-state index contributed by atoms with van der Waals surface area (Å²) < 4.78 is 34.9. The van der Waals surface area contributed by atoms with Gasteiger partial charge in [-0.2, -0.15) is 5.10 Å². The van der Waals surface area contributed by atoms with Crippen LogP contribution in [0, 0.1) is 13.8 Å². The number of amides is 1. The summed E-state index contributed by atoms with van der Waals surface area (Å²) in [6.07, 6.45) is 1.72. The lowest BCUT2D eigenvalue weighted by Crippen LogP contribution is -2.31. The van der Waals surface area contributed by atoms with Crippen LogP contribution in [0.25, 0.3) is 5.69 Å². The average Bonchev–Trinajstić information content (AvgIpc) is 3.45. The second-order valence-electron chi connectivity index (χ2n) is 8.09. The summed E-state index contributed by atoms with van der Waals surface area (Å²) in [5.41, 5.74) is 4.09. The predicted octanol–water partition coefficient (Wildman–Crippen LogP) is 2.88. The Hall–Kier alpha value is -3.01. The number of carbonyl (C=O) groups excluding carboxylic acids is 1. The van der Waals surface area contributed by atoms with E-state index < -0.39 is 10.0 Å². The van der Waals surface area contributed by atoms with Gasteiger partial charge in [-0.05, 0) is 63.1 Å². The molecule has 9 heteroatoms. The summed E-state index contributed by atoms with van der Waals surface area (Å²) in [5, 5.41) is 7.51. The van der Waals surface area contributed by atoms with Crippen molar-refractivity contribution in [3.8, 4) is 5.69 Å². The maximum absolute atomic E-state index is 12.7. The molecule has 1 saturated heterocycles. The number of aromatic nitrogens is 2. The molecule has 0 spiro atoms. The molecule has 3 aromatic rings. The van der Waals surface area contributed by atoms with Gasteiger partial charge in [0.15, 0.2) is 0 Å². The van der Waals surface area contributed by atoms with Crippen molar-refractivity contribution >= 4 is 15.9 Å². The number of nitrogens with zero attached hydrogens (tertiary/aromatic N) is 2. The minimum atomic E-state index is -3.65. The number of aryl methyl sites for hydroxylation is 1. The van der Waals surface area contributed by atoms with E-state index in [0.29, 0.717) is 18.7 Å². The van der Waals surface area contributed by atoms with Gasteiger partial charge in [-0.3, -0.25) is 4.79 Å². The Balaban J connectivity index is 1.39. The first-order valence-electron chi connectivity index (χ1n) is 11.0. The van der Waals surface area contributed by atoms with Gasteiger partial charge in [-0.1, -0.05) is 18.2 Å². The van der Waals surface area contributed by atoms with Crippen molar-refractivity contribution in [3.63, 3.8) is 0 Å². The van der Waals surface area contributed by atoms with Crippen molar-refractivity contribution in [2.75, 3.05) is 13.2 Å². The third-order valence-corrected chi connectivity index (χ3v) is 7.26. The van der Waals surface area contributed by atoms with Gasteiger partial charge in [0.05, 0.1) is 22.4 Å². The molecule has 0 bridgehead atoms. The zero-order chi connectivity index (χ0) is 23.4. The molecule has 1 fully saturated rings. The van der Waals surface area contributed by atoms with Crippen LogP contribution in [-0.2, 0) is 21.3 Å². The van der Waals surface area contributed by atoms with Crippen LogP contribution in [-0.4, -0.2) is 43.4 Å². The number of rotatable bonds is 8. The monoisotopic (exact) mass is 468 g/mol. The molecule has 174 valence electrons. The summed E-state index contributed by atoms with van der Waals surface area (Å²) in [4.78, 5) is 12.8. The second kappa shape index (κ2) is 9.86. The van der Waals surface area contributed by atoms with Crippen molar-refractivity contribution < 1.29 is 17.9 Å². The molecule has 2 heterocycles. The summed E-state index contributed by atoms with van der Waals surface area (Å²) >= 11 is 0. The van der Waals surface area contributed by atoms with Gasteiger partial charge >= 0.3 is 0 Å². The molecule has 0 unspecified atom stereocenters. The number of ether oxygens (including phenoxy) is 1. The van der Waals surface area contributed by atoms with Crippen molar-refractivity contribution in [2.24, 2.45) is 0 Å². The number of sulfonamides is 1. The zero-order valence-electron chi connectivity index (χ0n) is 18.7. The fraction of sp³-hybridized carbons (Fsp3) is 0.333. The van der Waals surface area contributed by atoms with Crippen molar-refractivity contribution in [3.05, 3.63) is 77.1 Å². The van der Waals surface area contributed by atoms with Gasteiger partial charge in [0, 0.05) is 36.5 Å². The van der Waals surface area contributed by atoms with E-state index in [4.69, 9.17) is 4.74 Å². The predicted molar refractivity (Wildman–Crippen MR) is 125 cm³/mol. The Kier molecular flexibility index (Phi) is 6.92. The molecule has 2 N–H and O–H groups in total. The van der Waals surface area contributed by atoms with E-state index in [1.165, 1.54) is 24.3 Å². The molecule has 1 aliphatic rings. The molecule has 1 amide bonds. The summed E-state index contributed by atoms with van der Waals surface area (Å²) in [7, 11) is -3.65. The Morgan fingerprint density at radius 3 is 2.52 bits per heavy atom. The Morgan fingerprint density at radius 1 is 1.12 bits per heavy atom. The van der Waals surface area contributed by atoms with Gasteiger partial charge in [0.25, 0.3) is 5.91 Å². The van der Waals surface area contributed by atoms with E-state index in [9.17, 15) is 13.2 Å². The van der Waals surface area contributed by atoms with Crippen molar-refractivity contribution in [2.45, 2.75) is 44.2 Å². The van der Waals surface area contributed by atoms with E-state index in [-0.39, 0.29) is 23.5 Å². The molecule has 1 atom stereocenters. The number of carbonyl (C=O) groups is 1. The number of para-hydroxylation sites is 1. The first kappa shape index (κ1) is 23.2. The molecule has 0 aliphatic carbocycles. The largest absolute Gasteiger partial charge is 0.377 e. The summed E-state index contributed by atoms with van der Waals surface area (Å²) in [5.74, 6) is -0.280. The first-order valence-corrected chi connectivity index (χ1v) is 12.4. The maximum Gasteiger partial charge on any atom is 0.251 e. The van der Waals surface area contributed by atoms with Crippen LogP contribution >= 0.6 is 0 Å². The average molecular weight is 469 g/mol. The van der Waals surface area contributed by atoms with Crippen molar-refractivity contribution in [1.82, 2.24) is 19.8 Å². The van der Waals surface area contributed by atoms with Crippen LogP contribution in [0.2, 0.25) is 0 Å². The van der Waals surface area contributed by atoms with Gasteiger partial charge < -0.3 is 10.1 Å². The topological polar surface area (TPSA) is 102 Å². The Bertz CT molecular complexity index is 1220. The molecular formula is C24H28N4O4S. The highest BCUT2D eigenvalue weighted by atomic mass is 32.2. The van der Waals surface area contributed by atoms with Gasteiger partial charge in [-0.25, -0.2) is 17.8 Å². The van der Waals surface area contributed by atoms with Crippen LogP contribution in [0.5, 0.6) is 0 Å². The Morgan fingerprint density at radius 2 is 1.85 bits per heavy atom. The van der Waals surface area contributed by atoms with E-state index in [1.807, 2.05) is 48.9 Å².